The SMILES string of the molecule is C[n+]1ccc(-c2cc[n+](CCC(=O)Nc3ccc(-c4c5nc(c(-c6ccccc6)c6ccc([n-]6)c(-c6ccccc6)c6nc(c(-c7ccccc7)c7ccc4[n-]7)C=C6)C=C5)cc3)cc2)cc1. The van der Waals surface area contributed by atoms with Crippen LogP contribution in [0.15, 0.2) is 189 Å². The molecule has 0 radical (unpaired) electrons. The number of rotatable bonds is 9. The first kappa shape index (κ1) is 40.1. The van der Waals surface area contributed by atoms with Crippen molar-refractivity contribution in [3.8, 4) is 55.6 Å². The smallest absolute Gasteiger partial charge is 0.230 e. The van der Waals surface area contributed by atoms with E-state index in [0.29, 0.717) is 18.7 Å². The molecule has 1 amide bonds. The zero-order valence-electron chi connectivity index (χ0n) is 36.2. The van der Waals surface area contributed by atoms with Gasteiger partial charge in [0.1, 0.15) is 7.05 Å². The van der Waals surface area contributed by atoms with Gasteiger partial charge in [-0.05, 0) is 92.1 Å². The summed E-state index contributed by atoms with van der Waals surface area (Å²) in [5, 5.41) is 3.11. The molecule has 66 heavy (non-hydrogen) atoms. The fourth-order valence-corrected chi connectivity index (χ4v) is 8.75. The summed E-state index contributed by atoms with van der Waals surface area (Å²) in [5.41, 5.74) is 17.1. The molecule has 7 heterocycles. The lowest BCUT2D eigenvalue weighted by atomic mass is 10.0. The van der Waals surface area contributed by atoms with Crippen LogP contribution in [0.3, 0.4) is 0 Å². The molecule has 4 aromatic carbocycles. The highest BCUT2D eigenvalue weighted by molar-refractivity contribution is 6.00. The molecule has 8 nitrogen and oxygen atoms in total. The molecule has 0 saturated carbocycles. The largest absolute Gasteiger partial charge is 0.657 e. The molecule has 0 saturated heterocycles. The van der Waals surface area contributed by atoms with Crippen LogP contribution in [0.25, 0.3) is 102 Å². The molecule has 0 fully saturated rings. The van der Waals surface area contributed by atoms with E-state index in [2.05, 4.69) is 115 Å². The Bertz CT molecular complexity index is 3440. The van der Waals surface area contributed by atoms with E-state index in [4.69, 9.17) is 19.9 Å². The number of carbonyl (C=O) groups excluding carboxylic acids is 1. The van der Waals surface area contributed by atoms with E-state index >= 15 is 0 Å². The van der Waals surface area contributed by atoms with Crippen LogP contribution in [0.4, 0.5) is 5.69 Å². The lowest BCUT2D eigenvalue weighted by molar-refractivity contribution is -0.695. The monoisotopic (exact) mass is 853 g/mol. The van der Waals surface area contributed by atoms with Gasteiger partial charge in [0.2, 0.25) is 5.91 Å². The van der Waals surface area contributed by atoms with Crippen molar-refractivity contribution in [2.24, 2.45) is 7.05 Å². The first-order chi connectivity index (χ1) is 32.5. The Morgan fingerprint density at radius 2 is 0.803 bits per heavy atom. The number of amides is 1. The molecule has 8 bridgehead atoms. The summed E-state index contributed by atoms with van der Waals surface area (Å²) < 4.78 is 4.05. The van der Waals surface area contributed by atoms with Gasteiger partial charge in [0.25, 0.3) is 0 Å². The molecule has 5 aromatic heterocycles. The molecule has 0 spiro atoms. The summed E-state index contributed by atoms with van der Waals surface area (Å²) in [6.07, 6.45) is 16.8. The number of fused-ring (bicyclic) bond motifs is 8. The van der Waals surface area contributed by atoms with Crippen molar-refractivity contribution in [2.45, 2.75) is 13.0 Å². The fourth-order valence-electron chi connectivity index (χ4n) is 8.75. The van der Waals surface area contributed by atoms with Gasteiger partial charge in [-0.1, -0.05) is 127 Å². The minimum absolute atomic E-state index is 0.0630. The van der Waals surface area contributed by atoms with Crippen molar-refractivity contribution < 1.29 is 13.9 Å². The van der Waals surface area contributed by atoms with Gasteiger partial charge < -0.3 is 15.3 Å². The first-order valence-corrected chi connectivity index (χ1v) is 22.1. The normalized spacial score (nSPS) is 11.8. The second-order valence-corrected chi connectivity index (χ2v) is 16.4. The highest BCUT2D eigenvalue weighted by Gasteiger charge is 2.16. The van der Waals surface area contributed by atoms with Gasteiger partial charge in [0.05, 0.1) is 29.2 Å². The van der Waals surface area contributed by atoms with E-state index < -0.39 is 0 Å². The van der Waals surface area contributed by atoms with Crippen LogP contribution in [0.5, 0.6) is 0 Å². The lowest BCUT2D eigenvalue weighted by Crippen LogP contribution is -2.34. The van der Waals surface area contributed by atoms with E-state index in [9.17, 15) is 4.79 Å². The van der Waals surface area contributed by atoms with Crippen LogP contribution in [0.2, 0.25) is 0 Å². The summed E-state index contributed by atoms with van der Waals surface area (Å²) >= 11 is 0. The summed E-state index contributed by atoms with van der Waals surface area (Å²) in [6, 6.07) is 55.6. The van der Waals surface area contributed by atoms with E-state index in [1.54, 1.807) is 0 Å². The summed E-state index contributed by atoms with van der Waals surface area (Å²) in [4.78, 5) is 34.8. The van der Waals surface area contributed by atoms with Crippen LogP contribution >= 0.6 is 0 Å². The van der Waals surface area contributed by atoms with Crippen molar-refractivity contribution in [1.29, 1.82) is 0 Å². The number of hydrogen-bond donors (Lipinski definition) is 1. The second-order valence-electron chi connectivity index (χ2n) is 16.4. The third-order valence-electron chi connectivity index (χ3n) is 12.1. The van der Waals surface area contributed by atoms with Crippen molar-refractivity contribution >= 4 is 58.0 Å². The van der Waals surface area contributed by atoms with E-state index in [1.807, 2.05) is 120 Å². The number of carbonyl (C=O) groups is 1. The molecule has 0 aliphatic carbocycles. The average molecular weight is 854 g/mol. The third-order valence-corrected chi connectivity index (χ3v) is 12.1. The summed E-state index contributed by atoms with van der Waals surface area (Å²) in [6.45, 7) is 0.557. The minimum Gasteiger partial charge on any atom is -0.657 e. The maximum Gasteiger partial charge on any atom is 0.230 e. The maximum absolute atomic E-state index is 13.3. The zero-order chi connectivity index (χ0) is 44.4. The van der Waals surface area contributed by atoms with Gasteiger partial charge in [-0.25, -0.2) is 19.1 Å². The highest BCUT2D eigenvalue weighted by atomic mass is 16.1. The molecule has 9 aromatic rings. The predicted octanol–water partition coefficient (Wildman–Crippen LogP) is 11.4. The van der Waals surface area contributed by atoms with Crippen molar-refractivity contribution in [3.05, 3.63) is 211 Å². The lowest BCUT2D eigenvalue weighted by Gasteiger charge is -2.14. The Hall–Kier alpha value is -8.75. The Labute approximate surface area is 382 Å². The molecule has 2 aliphatic rings. The van der Waals surface area contributed by atoms with Crippen LogP contribution in [0.1, 0.15) is 29.2 Å². The number of benzene rings is 4. The molecule has 316 valence electrons. The standard InChI is InChI=1S/C58H43N7O/c1-64-34-29-39(30-35-64)40-31-36-65(37-32-40)38-33-54(66)59-45-19-17-44(18-20-45)58-52-27-25-50(62-52)56(42-13-7-3-8-14-42)48-23-21-46(60-48)55(41-11-5-2-6-12-41)47-22-24-49(61-47)57(43-15-9-4-10-16-43)51-26-28-53(58)63-51/h2-32,34-37H,33,38H2,1H3,(H,59,60,61,62,63,66). The summed E-state index contributed by atoms with van der Waals surface area (Å²) in [5.74, 6) is -0.0630. The minimum atomic E-state index is -0.0630. The van der Waals surface area contributed by atoms with Crippen LogP contribution in [0, 0.1) is 0 Å². The van der Waals surface area contributed by atoms with E-state index in [1.165, 1.54) is 0 Å². The van der Waals surface area contributed by atoms with Gasteiger partial charge in [-0.15, -0.1) is 22.1 Å². The Kier molecular flexibility index (Phi) is 10.6. The molecule has 1 N–H and O–H groups in total. The number of aryl methyl sites for hydroxylation is 2. The number of pyridine rings is 2. The predicted molar refractivity (Wildman–Crippen MR) is 265 cm³/mol. The third kappa shape index (κ3) is 8.04. The number of aromatic nitrogens is 6. The maximum atomic E-state index is 13.3. The van der Waals surface area contributed by atoms with Crippen LogP contribution in [-0.2, 0) is 18.4 Å². The molecular formula is C58H43N7O. The van der Waals surface area contributed by atoms with Crippen molar-refractivity contribution in [2.75, 3.05) is 5.32 Å². The van der Waals surface area contributed by atoms with Crippen LogP contribution in [-0.4, -0.2) is 15.9 Å². The summed E-state index contributed by atoms with van der Waals surface area (Å²) in [7, 11) is 2.01. The molecular weight excluding hydrogens is 811 g/mol. The molecule has 0 atom stereocenters. The van der Waals surface area contributed by atoms with Crippen LogP contribution < -0.4 is 24.4 Å². The Morgan fingerprint density at radius 3 is 1.20 bits per heavy atom. The number of anilines is 1. The average Bonchev–Trinajstić information content (AvgIpc) is 4.22. The van der Waals surface area contributed by atoms with E-state index in [-0.39, 0.29) is 5.91 Å². The number of nitrogens with one attached hydrogen (secondary N) is 1. The topological polar surface area (TPSA) is 90.8 Å². The van der Waals surface area contributed by atoms with Gasteiger partial charge in [-0.2, -0.15) is 0 Å². The van der Waals surface area contributed by atoms with Crippen molar-refractivity contribution in [1.82, 2.24) is 19.9 Å². The molecule has 0 unspecified atom stereocenters. The molecule has 11 rings (SSSR count). The number of nitrogens with zero attached hydrogens (tertiary/aromatic N) is 6. The highest BCUT2D eigenvalue weighted by Crippen LogP contribution is 2.38. The first-order valence-electron chi connectivity index (χ1n) is 22.1. The Balaban J connectivity index is 1.02. The van der Waals surface area contributed by atoms with Gasteiger partial charge >= 0.3 is 0 Å². The molecule has 8 heteroatoms. The molecule has 2 aliphatic heterocycles. The van der Waals surface area contributed by atoms with Crippen molar-refractivity contribution in [3.63, 3.8) is 0 Å². The van der Waals surface area contributed by atoms with Gasteiger partial charge in [-0.3, -0.25) is 4.79 Å². The Morgan fingerprint density at radius 1 is 0.439 bits per heavy atom. The second kappa shape index (κ2) is 17.4. The van der Waals surface area contributed by atoms with Gasteiger partial charge in [0, 0.05) is 30.0 Å². The number of hydrogen-bond acceptors (Lipinski definition) is 3. The quantitative estimate of drug-likeness (QED) is 0.146. The fraction of sp³-hybridized carbons (Fsp3) is 0.0517. The zero-order valence-corrected chi connectivity index (χ0v) is 36.2. The van der Waals surface area contributed by atoms with E-state index in [0.717, 1.165) is 100 Å². The van der Waals surface area contributed by atoms with Gasteiger partial charge in [0.15, 0.2) is 31.3 Å².